The first-order valence-electron chi connectivity index (χ1n) is 7.47. The van der Waals surface area contributed by atoms with Crippen LogP contribution in [0.15, 0.2) is 41.5 Å². The maximum atomic E-state index is 12.4. The van der Waals surface area contributed by atoms with Crippen LogP contribution in [0.1, 0.15) is 18.2 Å². The molecule has 1 aromatic carbocycles. The molecule has 6 nitrogen and oxygen atoms in total. The second kappa shape index (κ2) is 5.31. The lowest BCUT2D eigenvalue weighted by atomic mass is 9.99. The normalized spacial score (nSPS) is 18.1. The molecule has 0 saturated carbocycles. The third-order valence-electron chi connectivity index (χ3n) is 3.98. The van der Waals surface area contributed by atoms with Crippen LogP contribution in [-0.2, 0) is 9.53 Å². The van der Waals surface area contributed by atoms with Crippen LogP contribution in [0.4, 0.5) is 11.4 Å². The number of hydrogen-bond acceptors (Lipinski definition) is 4. The quantitative estimate of drug-likeness (QED) is 0.746. The average Bonchev–Trinajstić information content (AvgIpc) is 3.27. The second-order valence-electron chi connectivity index (χ2n) is 5.46. The number of nitrogens with one attached hydrogen (secondary N) is 3. The Morgan fingerprint density at radius 3 is 3.00 bits per heavy atom. The molecule has 1 amide bonds. The van der Waals surface area contributed by atoms with E-state index in [-0.39, 0.29) is 5.91 Å². The van der Waals surface area contributed by atoms with Crippen molar-refractivity contribution in [2.24, 2.45) is 4.99 Å². The topological polar surface area (TPSA) is 78.5 Å². The maximum absolute atomic E-state index is 12.4. The molecule has 23 heavy (non-hydrogen) atoms. The number of aromatic amines is 1. The smallest absolute Gasteiger partial charge is 0.289 e. The molecule has 6 heteroatoms. The third-order valence-corrected chi connectivity index (χ3v) is 3.98. The van der Waals surface area contributed by atoms with E-state index in [9.17, 15) is 4.79 Å². The fourth-order valence-corrected chi connectivity index (χ4v) is 2.85. The summed E-state index contributed by atoms with van der Waals surface area (Å²) in [6.45, 7) is 3.22. The highest BCUT2D eigenvalue weighted by Crippen LogP contribution is 2.38. The van der Waals surface area contributed by atoms with Gasteiger partial charge in [0.2, 0.25) is 0 Å². The van der Waals surface area contributed by atoms with Crippen molar-refractivity contribution in [3.05, 3.63) is 47.8 Å². The first-order chi connectivity index (χ1) is 11.2. The number of carbonyl (C=O) groups excluding carboxylic acids is 1. The number of nitrogens with zero attached hydrogens (tertiary/aromatic N) is 1. The minimum absolute atomic E-state index is 0.0845. The van der Waals surface area contributed by atoms with Crippen molar-refractivity contribution in [1.82, 2.24) is 4.98 Å². The molecule has 0 atom stereocenters. The van der Waals surface area contributed by atoms with Crippen molar-refractivity contribution in [2.45, 2.75) is 6.92 Å². The number of fused-ring (bicyclic) bond motifs is 1. The minimum atomic E-state index is -0.0845. The zero-order chi connectivity index (χ0) is 15.8. The monoisotopic (exact) mass is 308 g/mol. The van der Waals surface area contributed by atoms with Gasteiger partial charge in [-0.15, -0.1) is 0 Å². The number of ether oxygens (including phenoxy) is 1. The van der Waals surface area contributed by atoms with Crippen LogP contribution >= 0.6 is 0 Å². The molecule has 116 valence electrons. The Morgan fingerprint density at radius 2 is 2.26 bits per heavy atom. The van der Waals surface area contributed by atoms with E-state index in [0.717, 1.165) is 28.2 Å². The molecule has 0 aliphatic carbocycles. The summed E-state index contributed by atoms with van der Waals surface area (Å²) in [6.07, 6.45) is 1.85. The predicted molar refractivity (Wildman–Crippen MR) is 90.2 cm³/mol. The Morgan fingerprint density at radius 1 is 1.35 bits per heavy atom. The van der Waals surface area contributed by atoms with Gasteiger partial charge in [-0.25, -0.2) is 4.99 Å². The first-order valence-corrected chi connectivity index (χ1v) is 7.47. The van der Waals surface area contributed by atoms with Crippen molar-refractivity contribution in [3.8, 4) is 0 Å². The van der Waals surface area contributed by atoms with Crippen molar-refractivity contribution >= 4 is 34.4 Å². The lowest BCUT2D eigenvalue weighted by molar-refractivity contribution is -0.110. The Hall–Kier alpha value is -3.02. The van der Waals surface area contributed by atoms with Crippen LogP contribution in [-0.4, -0.2) is 30.1 Å². The number of carbonyl (C=O) groups is 1. The van der Waals surface area contributed by atoms with E-state index >= 15 is 0 Å². The Labute approximate surface area is 133 Å². The minimum Gasteiger partial charge on any atom is -0.463 e. The van der Waals surface area contributed by atoms with Crippen molar-refractivity contribution in [3.63, 3.8) is 0 Å². The molecule has 2 aromatic rings. The molecule has 0 radical (unpaired) electrons. The van der Waals surface area contributed by atoms with Gasteiger partial charge >= 0.3 is 0 Å². The van der Waals surface area contributed by atoms with Crippen LogP contribution in [0.2, 0.25) is 0 Å². The third kappa shape index (κ3) is 2.38. The summed E-state index contributed by atoms with van der Waals surface area (Å²) in [7, 11) is 0. The maximum Gasteiger partial charge on any atom is 0.289 e. The number of H-pyrrole nitrogens is 1. The van der Waals surface area contributed by atoms with Gasteiger partial charge in [-0.05, 0) is 42.8 Å². The van der Waals surface area contributed by atoms with E-state index in [1.54, 1.807) is 0 Å². The molecule has 1 aromatic heterocycles. The Bertz CT molecular complexity index is 834. The highest BCUT2D eigenvalue weighted by atomic mass is 16.5. The summed E-state index contributed by atoms with van der Waals surface area (Å²) in [5, 5.41) is 6.05. The number of aromatic nitrogens is 1. The van der Waals surface area contributed by atoms with Gasteiger partial charge in [0, 0.05) is 28.8 Å². The van der Waals surface area contributed by atoms with Crippen LogP contribution in [0.25, 0.3) is 11.1 Å². The Balaban J connectivity index is 1.75. The van der Waals surface area contributed by atoms with Crippen molar-refractivity contribution in [1.29, 1.82) is 0 Å². The SMILES string of the molecule is C/C(=C1\C(=O)Nc2ccc(NC3=NCCO3)cc21)c1ccc[nH]1. The van der Waals surface area contributed by atoms with E-state index in [4.69, 9.17) is 4.74 Å². The van der Waals surface area contributed by atoms with E-state index in [1.165, 1.54) is 0 Å². The van der Waals surface area contributed by atoms with Crippen LogP contribution in [0.3, 0.4) is 0 Å². The van der Waals surface area contributed by atoms with Gasteiger partial charge in [0.05, 0.1) is 12.1 Å². The molecular formula is C17H16N4O2. The molecule has 3 heterocycles. The number of aliphatic imine (C=N–C) groups is 1. The number of hydrogen-bond donors (Lipinski definition) is 3. The zero-order valence-corrected chi connectivity index (χ0v) is 12.6. The number of rotatable bonds is 2. The highest BCUT2D eigenvalue weighted by molar-refractivity contribution is 6.36. The van der Waals surface area contributed by atoms with E-state index in [1.807, 2.05) is 43.5 Å². The summed E-state index contributed by atoms with van der Waals surface area (Å²) in [5.74, 6) is -0.0845. The molecule has 0 bridgehead atoms. The standard InChI is InChI=1S/C17H16N4O2/c1-10(13-3-2-6-18-13)15-12-9-11(20-17-19-7-8-23-17)4-5-14(12)21-16(15)22/h2-6,9,18H,7-8H2,1H3,(H,19,20)(H,21,22)/b15-10+. The number of allylic oxidation sites excluding steroid dienone is 1. The number of amides is 1. The highest BCUT2D eigenvalue weighted by Gasteiger charge is 2.27. The van der Waals surface area contributed by atoms with E-state index < -0.39 is 0 Å². The first kappa shape index (κ1) is 13.6. The molecule has 0 fully saturated rings. The molecule has 0 unspecified atom stereocenters. The average molecular weight is 308 g/mol. The van der Waals surface area contributed by atoms with Crippen LogP contribution < -0.4 is 10.6 Å². The largest absolute Gasteiger partial charge is 0.463 e. The molecule has 2 aliphatic heterocycles. The Kier molecular flexibility index (Phi) is 3.15. The van der Waals surface area contributed by atoms with Crippen molar-refractivity contribution < 1.29 is 9.53 Å². The fraction of sp³-hybridized carbons (Fsp3) is 0.176. The summed E-state index contributed by atoms with van der Waals surface area (Å²) < 4.78 is 5.37. The molecule has 4 rings (SSSR count). The van der Waals surface area contributed by atoms with Gasteiger partial charge < -0.3 is 20.4 Å². The van der Waals surface area contributed by atoms with Crippen LogP contribution in [0.5, 0.6) is 0 Å². The predicted octanol–water partition coefficient (Wildman–Crippen LogP) is 2.70. The summed E-state index contributed by atoms with van der Waals surface area (Å²) in [5.41, 5.74) is 5.07. The van der Waals surface area contributed by atoms with Gasteiger partial charge in [0.25, 0.3) is 11.9 Å². The molecule has 0 spiro atoms. The fourth-order valence-electron chi connectivity index (χ4n) is 2.85. The molecule has 2 aliphatic rings. The van der Waals surface area contributed by atoms with Crippen LogP contribution in [0, 0.1) is 0 Å². The summed E-state index contributed by atoms with van der Waals surface area (Å²) in [4.78, 5) is 19.7. The second-order valence-corrected chi connectivity index (χ2v) is 5.46. The number of anilines is 2. The van der Waals surface area contributed by atoms with Gasteiger partial charge in [0.1, 0.15) is 6.61 Å². The zero-order valence-electron chi connectivity index (χ0n) is 12.6. The molecule has 0 saturated heterocycles. The van der Waals surface area contributed by atoms with Gasteiger partial charge in [-0.1, -0.05) is 0 Å². The van der Waals surface area contributed by atoms with Gasteiger partial charge in [-0.3, -0.25) is 4.79 Å². The molecule has 3 N–H and O–H groups in total. The van der Waals surface area contributed by atoms with E-state index in [0.29, 0.717) is 24.7 Å². The molecular weight excluding hydrogens is 292 g/mol. The summed E-state index contributed by atoms with van der Waals surface area (Å²) in [6, 6.07) is 10.1. The lowest BCUT2D eigenvalue weighted by Crippen LogP contribution is -2.11. The van der Waals surface area contributed by atoms with E-state index in [2.05, 4.69) is 20.6 Å². The van der Waals surface area contributed by atoms with Gasteiger partial charge in [0.15, 0.2) is 0 Å². The lowest BCUT2D eigenvalue weighted by Gasteiger charge is -2.08. The van der Waals surface area contributed by atoms with Gasteiger partial charge in [-0.2, -0.15) is 0 Å². The van der Waals surface area contributed by atoms with Crippen molar-refractivity contribution in [2.75, 3.05) is 23.8 Å². The number of amidine groups is 1. The number of benzene rings is 1. The summed E-state index contributed by atoms with van der Waals surface area (Å²) >= 11 is 0.